The van der Waals surface area contributed by atoms with E-state index in [-0.39, 0.29) is 5.91 Å². The molecule has 0 spiro atoms. The largest absolute Gasteiger partial charge is 0.492 e. The molecule has 37 heavy (non-hydrogen) atoms. The quantitative estimate of drug-likeness (QED) is 0.271. The Balaban J connectivity index is 1.43. The summed E-state index contributed by atoms with van der Waals surface area (Å²) in [6.07, 6.45) is 1.32. The second-order valence-corrected chi connectivity index (χ2v) is 10.5. The zero-order chi connectivity index (χ0) is 25.9. The van der Waals surface area contributed by atoms with Gasteiger partial charge in [-0.25, -0.2) is 9.97 Å². The highest BCUT2D eigenvalue weighted by Gasteiger charge is 2.30. The van der Waals surface area contributed by atoms with Gasteiger partial charge in [-0.05, 0) is 67.4 Å². The number of imide groups is 1. The van der Waals surface area contributed by atoms with Crippen LogP contribution in [-0.2, 0) is 9.59 Å². The lowest BCUT2D eigenvalue weighted by Gasteiger charge is -2.18. The average molecular weight is 534 g/mol. The number of hydrogen-bond donors (Lipinski definition) is 1. The smallest absolute Gasteiger partial charge is 0.275 e. The molecule has 0 atom stereocenters. The molecule has 1 aliphatic heterocycles. The van der Waals surface area contributed by atoms with E-state index in [1.165, 1.54) is 28.7 Å². The number of aromatic nitrogens is 2. The molecule has 8 nitrogen and oxygen atoms in total. The van der Waals surface area contributed by atoms with Crippen molar-refractivity contribution in [3.05, 3.63) is 59.5 Å². The summed E-state index contributed by atoms with van der Waals surface area (Å²) in [5.41, 5.74) is 4.35. The summed E-state index contributed by atoms with van der Waals surface area (Å²) in [7, 11) is 0. The molecule has 4 aromatic rings. The zero-order valence-electron chi connectivity index (χ0n) is 20.9. The van der Waals surface area contributed by atoms with E-state index in [0.29, 0.717) is 23.8 Å². The van der Waals surface area contributed by atoms with Crippen LogP contribution in [0.15, 0.2) is 59.5 Å². The minimum atomic E-state index is -0.418. The molecule has 0 saturated heterocycles. The average Bonchev–Trinajstić information content (AvgIpc) is 3.64. The lowest BCUT2D eigenvalue weighted by Crippen LogP contribution is -2.36. The fraction of sp³-hybridized carbons (Fsp3) is 0.259. The number of benzene rings is 1. The number of hydrazine groups is 1. The number of ether oxygens (including phenoxy) is 1. The van der Waals surface area contributed by atoms with Crippen LogP contribution in [0.2, 0.25) is 0 Å². The number of thiophene rings is 2. The minimum Gasteiger partial charge on any atom is -0.492 e. The van der Waals surface area contributed by atoms with E-state index >= 15 is 0 Å². The molecule has 5 rings (SSSR count). The van der Waals surface area contributed by atoms with Crippen LogP contribution in [0, 0.1) is 0 Å². The Hall–Kier alpha value is -3.60. The Morgan fingerprint density at radius 1 is 1.05 bits per heavy atom. The number of nitrogens with one attached hydrogen (secondary N) is 1. The SMILES string of the molecule is CCN(CC)CCOc1ccc(-c2cc3c(NN4C(=O)C=C(C)C4=O)nc(-c4cccs4)nc3s2)cc1. The van der Waals surface area contributed by atoms with Crippen LogP contribution in [0.5, 0.6) is 5.75 Å². The predicted molar refractivity (Wildman–Crippen MR) is 149 cm³/mol. The standard InChI is InChI=1S/C27H27N5O3S2/c1-4-31(5-2)12-13-35-19-10-8-18(9-11-19)22-16-20-24(30-32-23(33)15-17(3)27(32)34)28-25(29-26(20)37-22)21-7-6-14-36-21/h6-11,14-16H,4-5,12-13H2,1-3H3,(H,28,29,30). The van der Waals surface area contributed by atoms with Crippen molar-refractivity contribution in [3.63, 3.8) is 0 Å². The third-order valence-corrected chi connectivity index (χ3v) is 8.11. The molecule has 4 heterocycles. The molecule has 190 valence electrons. The second kappa shape index (κ2) is 10.8. The molecule has 0 bridgehead atoms. The topological polar surface area (TPSA) is 87.7 Å². The van der Waals surface area contributed by atoms with Crippen molar-refractivity contribution in [2.45, 2.75) is 20.8 Å². The molecular formula is C27H27N5O3S2. The molecular weight excluding hydrogens is 506 g/mol. The number of carbonyl (C=O) groups excluding carboxylic acids is 2. The van der Waals surface area contributed by atoms with Gasteiger partial charge >= 0.3 is 0 Å². The molecule has 0 fully saturated rings. The van der Waals surface area contributed by atoms with Crippen molar-refractivity contribution in [3.8, 4) is 26.9 Å². The molecule has 3 aromatic heterocycles. The second-order valence-electron chi connectivity index (χ2n) is 8.52. The molecule has 2 amide bonds. The lowest BCUT2D eigenvalue weighted by atomic mass is 10.1. The van der Waals surface area contributed by atoms with Crippen LogP contribution < -0.4 is 10.2 Å². The zero-order valence-corrected chi connectivity index (χ0v) is 22.5. The van der Waals surface area contributed by atoms with Gasteiger partial charge in [0.05, 0.1) is 10.3 Å². The highest BCUT2D eigenvalue weighted by molar-refractivity contribution is 7.22. The lowest BCUT2D eigenvalue weighted by molar-refractivity contribution is -0.135. The van der Waals surface area contributed by atoms with Crippen molar-refractivity contribution in [2.24, 2.45) is 0 Å². The van der Waals surface area contributed by atoms with E-state index in [2.05, 4.69) is 29.2 Å². The molecule has 1 aliphatic rings. The summed E-state index contributed by atoms with van der Waals surface area (Å²) in [6, 6.07) is 13.9. The summed E-state index contributed by atoms with van der Waals surface area (Å²) in [4.78, 5) is 39.3. The number of hydrogen-bond acceptors (Lipinski definition) is 9. The summed E-state index contributed by atoms with van der Waals surface area (Å²) < 4.78 is 5.93. The minimum absolute atomic E-state index is 0.381. The first-order valence-corrected chi connectivity index (χ1v) is 13.8. The van der Waals surface area contributed by atoms with E-state index in [0.717, 1.165) is 55.9 Å². The van der Waals surface area contributed by atoms with Gasteiger partial charge in [0.2, 0.25) is 0 Å². The van der Waals surface area contributed by atoms with Gasteiger partial charge in [-0.3, -0.25) is 15.0 Å². The van der Waals surface area contributed by atoms with Gasteiger partial charge in [0, 0.05) is 23.1 Å². The molecule has 1 aromatic carbocycles. The molecule has 0 aliphatic carbocycles. The maximum atomic E-state index is 12.5. The maximum Gasteiger partial charge on any atom is 0.275 e. The van der Waals surface area contributed by atoms with Gasteiger partial charge in [0.25, 0.3) is 11.8 Å². The molecule has 1 N–H and O–H groups in total. The Bertz CT molecular complexity index is 1460. The molecule has 0 saturated carbocycles. The number of nitrogens with zero attached hydrogens (tertiary/aromatic N) is 4. The van der Waals surface area contributed by atoms with Crippen LogP contribution in [0.25, 0.3) is 31.4 Å². The molecule has 10 heteroatoms. The molecule has 0 unspecified atom stereocenters. The monoisotopic (exact) mass is 533 g/mol. The van der Waals surface area contributed by atoms with Crippen molar-refractivity contribution in [1.29, 1.82) is 0 Å². The van der Waals surface area contributed by atoms with E-state index < -0.39 is 5.91 Å². The van der Waals surface area contributed by atoms with E-state index in [1.54, 1.807) is 6.92 Å². The first-order chi connectivity index (χ1) is 18.0. The van der Waals surface area contributed by atoms with Gasteiger partial charge in [-0.1, -0.05) is 19.9 Å². The van der Waals surface area contributed by atoms with E-state index in [9.17, 15) is 9.59 Å². The number of likely N-dealkylation sites (N-methyl/N-ethyl adjacent to an activating group) is 1. The number of carbonyl (C=O) groups is 2. The van der Waals surface area contributed by atoms with Crippen LogP contribution in [0.3, 0.4) is 0 Å². The van der Waals surface area contributed by atoms with E-state index in [4.69, 9.17) is 9.72 Å². The number of amides is 2. The van der Waals surface area contributed by atoms with Crippen LogP contribution in [0.1, 0.15) is 20.8 Å². The van der Waals surface area contributed by atoms with Gasteiger partial charge < -0.3 is 9.64 Å². The van der Waals surface area contributed by atoms with Crippen LogP contribution in [0.4, 0.5) is 5.82 Å². The van der Waals surface area contributed by atoms with E-state index in [1.807, 2.05) is 47.8 Å². The number of anilines is 1. The third kappa shape index (κ3) is 5.27. The van der Waals surface area contributed by atoms with Gasteiger partial charge in [0.15, 0.2) is 11.6 Å². The fourth-order valence-corrected chi connectivity index (χ4v) is 5.71. The van der Waals surface area contributed by atoms with Crippen LogP contribution >= 0.6 is 22.7 Å². The van der Waals surface area contributed by atoms with Crippen LogP contribution in [-0.4, -0.2) is 57.9 Å². The van der Waals surface area contributed by atoms with Gasteiger partial charge in [-0.15, -0.1) is 22.7 Å². The fourth-order valence-electron chi connectivity index (χ4n) is 4.01. The van der Waals surface area contributed by atoms with Crippen molar-refractivity contribution in [1.82, 2.24) is 19.9 Å². The summed E-state index contributed by atoms with van der Waals surface area (Å²) in [5.74, 6) is 0.977. The first-order valence-electron chi connectivity index (χ1n) is 12.1. The predicted octanol–water partition coefficient (Wildman–Crippen LogP) is 5.45. The number of rotatable bonds is 10. The van der Waals surface area contributed by atoms with Gasteiger partial charge in [0.1, 0.15) is 17.2 Å². The Morgan fingerprint density at radius 3 is 2.49 bits per heavy atom. The van der Waals surface area contributed by atoms with Crippen molar-refractivity contribution >= 4 is 50.5 Å². The highest BCUT2D eigenvalue weighted by atomic mass is 32.1. The maximum absolute atomic E-state index is 12.5. The first kappa shape index (κ1) is 25.1. The highest BCUT2D eigenvalue weighted by Crippen LogP contribution is 2.38. The summed E-state index contributed by atoms with van der Waals surface area (Å²) >= 11 is 3.06. The van der Waals surface area contributed by atoms with Crippen molar-refractivity contribution < 1.29 is 14.3 Å². The Labute approximate surface area is 223 Å². The Morgan fingerprint density at radius 2 is 1.84 bits per heavy atom. The summed E-state index contributed by atoms with van der Waals surface area (Å²) in [5, 5.41) is 3.70. The molecule has 0 radical (unpaired) electrons. The normalized spacial score (nSPS) is 13.6. The number of fused-ring (bicyclic) bond motifs is 1. The van der Waals surface area contributed by atoms with Crippen molar-refractivity contribution in [2.75, 3.05) is 31.7 Å². The summed E-state index contributed by atoms with van der Waals surface area (Å²) in [6.45, 7) is 9.47. The van der Waals surface area contributed by atoms with Gasteiger partial charge in [-0.2, -0.15) is 5.01 Å². The Kier molecular flexibility index (Phi) is 7.31. The third-order valence-electron chi connectivity index (χ3n) is 6.16.